The number of ether oxygens (including phenoxy) is 2. The normalized spacial score (nSPS) is 14.8. The van der Waals surface area contributed by atoms with E-state index < -0.39 is 5.56 Å². The Hall–Kier alpha value is -3.72. The first-order chi connectivity index (χ1) is 15.0. The molecule has 3 aromatic rings. The highest BCUT2D eigenvalue weighted by molar-refractivity contribution is 7.16. The fraction of sp³-hybridized carbons (Fsp3) is 0.182. The second-order valence-corrected chi connectivity index (χ2v) is 7.78. The highest BCUT2D eigenvalue weighted by Crippen LogP contribution is 2.23. The summed E-state index contributed by atoms with van der Waals surface area (Å²) in [6, 6.07) is 7.69. The summed E-state index contributed by atoms with van der Waals surface area (Å²) < 4.78 is 12.6. The van der Waals surface area contributed by atoms with Gasteiger partial charge in [0.1, 0.15) is 18.2 Å². The smallest absolute Gasteiger partial charge is 0.283 e. The number of nitrogens with zero attached hydrogens (tertiary/aromatic N) is 3. The fourth-order valence-electron chi connectivity index (χ4n) is 3.02. The van der Waals surface area contributed by atoms with Gasteiger partial charge in [0.2, 0.25) is 10.7 Å². The monoisotopic (exact) mass is 436 g/mol. The molecule has 0 atom stereocenters. The summed E-state index contributed by atoms with van der Waals surface area (Å²) in [6.07, 6.45) is 6.13. The number of rotatable bonds is 6. The van der Waals surface area contributed by atoms with Crippen molar-refractivity contribution in [2.24, 2.45) is 0 Å². The summed E-state index contributed by atoms with van der Waals surface area (Å²) >= 11 is 1.24. The molecule has 9 heteroatoms. The van der Waals surface area contributed by atoms with Gasteiger partial charge in [0, 0.05) is 0 Å². The maximum absolute atomic E-state index is 12.6. The summed E-state index contributed by atoms with van der Waals surface area (Å²) in [5.41, 5.74) is 7.58. The molecule has 0 spiro atoms. The number of para-hydroxylation sites is 1. The molecule has 0 saturated heterocycles. The van der Waals surface area contributed by atoms with Crippen molar-refractivity contribution in [1.29, 1.82) is 0 Å². The molecule has 0 fully saturated rings. The number of hydrogen-bond acceptors (Lipinski definition) is 8. The van der Waals surface area contributed by atoms with Crippen LogP contribution < -0.4 is 16.0 Å². The molecule has 158 valence electrons. The maximum atomic E-state index is 12.6. The Morgan fingerprint density at radius 1 is 1.19 bits per heavy atom. The number of fused-ring (bicyclic) bond motifs is 1. The zero-order valence-corrected chi connectivity index (χ0v) is 17.8. The summed E-state index contributed by atoms with van der Waals surface area (Å²) in [4.78, 5) is 28.9. The minimum absolute atomic E-state index is 0.164. The summed E-state index contributed by atoms with van der Waals surface area (Å²) in [6.45, 7) is 4.35. The number of benzene rings is 1. The standard InChI is InChI=1S/C22H20N4O4S/c1-3-29-18-11-14(8-9-16(18)27)10-15-20(23)26-22(24-21(15)28)31-19(25-26)12-30-17-7-5-4-6-13(17)2/h4-11H,3,12,23H2,1-2H3/b14-10-. The van der Waals surface area contributed by atoms with Gasteiger partial charge in [-0.3, -0.25) is 9.59 Å². The molecule has 1 aliphatic rings. The Bertz CT molecular complexity index is 1320. The molecule has 0 bridgehead atoms. The molecule has 8 nitrogen and oxygen atoms in total. The van der Waals surface area contributed by atoms with Crippen molar-refractivity contribution < 1.29 is 14.3 Å². The number of hydrogen-bond donors (Lipinski definition) is 1. The Morgan fingerprint density at radius 2 is 2.00 bits per heavy atom. The van der Waals surface area contributed by atoms with E-state index >= 15 is 0 Å². The number of nitrogen functional groups attached to an aromatic ring is 1. The maximum Gasteiger partial charge on any atom is 0.283 e. The third-order valence-corrected chi connectivity index (χ3v) is 5.44. The lowest BCUT2D eigenvalue weighted by Crippen LogP contribution is -2.17. The average molecular weight is 436 g/mol. The third-order valence-electron chi connectivity index (χ3n) is 4.56. The third kappa shape index (κ3) is 4.26. The number of nitrogens with two attached hydrogens (primary N) is 1. The topological polar surface area (TPSA) is 109 Å². The number of aromatic nitrogens is 3. The van der Waals surface area contributed by atoms with Crippen molar-refractivity contribution in [3.63, 3.8) is 0 Å². The van der Waals surface area contributed by atoms with Crippen LogP contribution in [-0.4, -0.2) is 27.0 Å². The number of allylic oxidation sites excluding steroid dienone is 4. The molecule has 0 amide bonds. The zero-order valence-electron chi connectivity index (χ0n) is 17.0. The molecule has 0 saturated carbocycles. The lowest BCUT2D eigenvalue weighted by molar-refractivity contribution is -0.114. The van der Waals surface area contributed by atoms with Crippen LogP contribution in [0.2, 0.25) is 0 Å². The van der Waals surface area contributed by atoms with Crippen LogP contribution in [0.5, 0.6) is 5.75 Å². The van der Waals surface area contributed by atoms with Crippen LogP contribution in [0.4, 0.5) is 5.82 Å². The molecular formula is C22H20N4O4S. The Labute approximate surface area is 181 Å². The lowest BCUT2D eigenvalue weighted by atomic mass is 10.0. The van der Waals surface area contributed by atoms with E-state index in [1.54, 1.807) is 25.2 Å². The Morgan fingerprint density at radius 3 is 2.77 bits per heavy atom. The first-order valence-electron chi connectivity index (χ1n) is 9.61. The first kappa shape index (κ1) is 20.5. The highest BCUT2D eigenvalue weighted by atomic mass is 32.1. The van der Waals surface area contributed by atoms with Crippen LogP contribution in [0.25, 0.3) is 11.0 Å². The molecule has 1 aliphatic carbocycles. The van der Waals surface area contributed by atoms with Crippen molar-refractivity contribution in [2.45, 2.75) is 20.5 Å². The van der Waals surface area contributed by atoms with Crippen LogP contribution in [0.3, 0.4) is 0 Å². The molecule has 2 heterocycles. The zero-order chi connectivity index (χ0) is 22.0. The van der Waals surface area contributed by atoms with Gasteiger partial charge in [-0.05, 0) is 49.3 Å². The molecule has 0 aliphatic heterocycles. The minimum Gasteiger partial charge on any atom is -0.490 e. The highest BCUT2D eigenvalue weighted by Gasteiger charge is 2.16. The van der Waals surface area contributed by atoms with Gasteiger partial charge in [-0.1, -0.05) is 35.6 Å². The van der Waals surface area contributed by atoms with Gasteiger partial charge < -0.3 is 15.2 Å². The van der Waals surface area contributed by atoms with Crippen LogP contribution in [-0.2, 0) is 16.1 Å². The number of carbonyl (C=O) groups is 1. The molecule has 0 radical (unpaired) electrons. The second kappa shape index (κ2) is 8.57. The molecule has 31 heavy (non-hydrogen) atoms. The van der Waals surface area contributed by atoms with Crippen LogP contribution in [0.1, 0.15) is 23.1 Å². The summed E-state index contributed by atoms with van der Waals surface area (Å²) in [5.74, 6) is 0.916. The van der Waals surface area contributed by atoms with E-state index in [0.29, 0.717) is 22.1 Å². The van der Waals surface area contributed by atoms with Gasteiger partial charge in [-0.2, -0.15) is 14.6 Å². The lowest BCUT2D eigenvalue weighted by Gasteiger charge is -2.10. The van der Waals surface area contributed by atoms with E-state index in [2.05, 4.69) is 10.1 Å². The van der Waals surface area contributed by atoms with Crippen molar-refractivity contribution in [3.05, 3.63) is 80.3 Å². The van der Waals surface area contributed by atoms with E-state index in [9.17, 15) is 9.59 Å². The largest absolute Gasteiger partial charge is 0.490 e. The van der Waals surface area contributed by atoms with E-state index in [1.165, 1.54) is 21.9 Å². The first-order valence-corrected chi connectivity index (χ1v) is 10.4. The Balaban J connectivity index is 1.66. The van der Waals surface area contributed by atoms with Crippen LogP contribution in [0, 0.1) is 6.92 Å². The molecule has 4 rings (SSSR count). The van der Waals surface area contributed by atoms with E-state index in [0.717, 1.165) is 11.3 Å². The van der Waals surface area contributed by atoms with Gasteiger partial charge >= 0.3 is 0 Å². The van der Waals surface area contributed by atoms with Gasteiger partial charge in [-0.25, -0.2) is 0 Å². The number of ketones is 1. The van der Waals surface area contributed by atoms with Gasteiger partial charge in [0.05, 0.1) is 12.2 Å². The SMILES string of the molecule is CCOC1=C/C(=C\c2c(N)n3nc(COc4ccccc4C)sc3nc2=O)C=CC1=O. The molecule has 1 aromatic carbocycles. The van der Waals surface area contributed by atoms with E-state index in [1.807, 2.05) is 31.2 Å². The van der Waals surface area contributed by atoms with Crippen LogP contribution in [0.15, 0.2) is 58.6 Å². The van der Waals surface area contributed by atoms with Crippen LogP contribution >= 0.6 is 11.3 Å². The number of carbonyl (C=O) groups excluding carboxylic acids is 1. The van der Waals surface area contributed by atoms with Crippen molar-refractivity contribution >= 4 is 34.0 Å². The van der Waals surface area contributed by atoms with E-state index in [4.69, 9.17) is 15.2 Å². The van der Waals surface area contributed by atoms with Crippen molar-refractivity contribution in [1.82, 2.24) is 14.6 Å². The number of anilines is 1. The van der Waals surface area contributed by atoms with E-state index in [-0.39, 0.29) is 29.5 Å². The van der Waals surface area contributed by atoms with Gasteiger partial charge in [-0.15, -0.1) is 0 Å². The van der Waals surface area contributed by atoms with Crippen molar-refractivity contribution in [2.75, 3.05) is 12.3 Å². The predicted molar refractivity (Wildman–Crippen MR) is 119 cm³/mol. The minimum atomic E-state index is -0.475. The quantitative estimate of drug-likeness (QED) is 0.632. The molecule has 0 unspecified atom stereocenters. The second-order valence-electron chi connectivity index (χ2n) is 6.74. The van der Waals surface area contributed by atoms with Crippen molar-refractivity contribution in [3.8, 4) is 5.75 Å². The summed E-state index contributed by atoms with van der Waals surface area (Å²) in [5, 5.41) is 5.08. The Kier molecular flexibility index (Phi) is 5.68. The van der Waals surface area contributed by atoms with Gasteiger partial charge in [0.25, 0.3) is 5.56 Å². The molecule has 2 N–H and O–H groups in total. The number of aryl methyl sites for hydroxylation is 1. The molecular weight excluding hydrogens is 416 g/mol. The average Bonchev–Trinajstić information content (AvgIpc) is 3.16. The summed E-state index contributed by atoms with van der Waals surface area (Å²) in [7, 11) is 0. The molecule has 2 aromatic heterocycles. The predicted octanol–water partition coefficient (Wildman–Crippen LogP) is 3.06. The van der Waals surface area contributed by atoms with Gasteiger partial charge in [0.15, 0.2) is 10.8 Å². The fourth-order valence-corrected chi connectivity index (χ4v) is 3.83.